The first kappa shape index (κ1) is 26.7. The molecular weight excluding hydrogens is 484 g/mol. The highest BCUT2D eigenvalue weighted by Crippen LogP contribution is 2.32. The highest BCUT2D eigenvalue weighted by atomic mass is 16.7. The minimum Gasteiger partial charge on any atom is -0.467 e. The van der Waals surface area contributed by atoms with Gasteiger partial charge in [-0.15, -0.1) is 15.3 Å². The van der Waals surface area contributed by atoms with Gasteiger partial charge in [0.2, 0.25) is 0 Å². The Morgan fingerprint density at radius 3 is 2.50 bits per heavy atom. The third-order valence-corrected chi connectivity index (χ3v) is 5.69. The molecule has 10 heteroatoms. The molecule has 2 aromatic carbocycles. The van der Waals surface area contributed by atoms with Crippen LogP contribution in [-0.4, -0.2) is 50.7 Å². The fourth-order valence-corrected chi connectivity index (χ4v) is 4.04. The smallest absolute Gasteiger partial charge is 0.331 e. The van der Waals surface area contributed by atoms with Crippen molar-refractivity contribution in [3.63, 3.8) is 0 Å². The van der Waals surface area contributed by atoms with E-state index in [1.54, 1.807) is 19.4 Å². The molecule has 0 saturated carbocycles. The molecule has 0 radical (unpaired) electrons. The average Bonchev–Trinajstić information content (AvgIpc) is 3.34. The highest BCUT2D eigenvalue weighted by molar-refractivity contribution is 5.89. The molecule has 196 valence electrons. The van der Waals surface area contributed by atoms with Gasteiger partial charge in [0, 0.05) is 23.6 Å². The third kappa shape index (κ3) is 5.79. The van der Waals surface area contributed by atoms with E-state index in [4.69, 9.17) is 14.2 Å². The summed E-state index contributed by atoms with van der Waals surface area (Å²) in [5, 5.41) is 27.8. The second-order valence-corrected chi connectivity index (χ2v) is 10.2. The molecule has 4 aromatic rings. The van der Waals surface area contributed by atoms with Crippen LogP contribution in [0.5, 0.6) is 5.75 Å². The number of carbonyl (C=O) groups is 1. The van der Waals surface area contributed by atoms with Crippen molar-refractivity contribution in [3.05, 3.63) is 54.2 Å². The van der Waals surface area contributed by atoms with E-state index in [0.29, 0.717) is 33.8 Å². The van der Waals surface area contributed by atoms with Crippen molar-refractivity contribution in [2.45, 2.75) is 46.3 Å². The minimum absolute atomic E-state index is 0.0929. The molecule has 0 unspecified atom stereocenters. The lowest BCUT2D eigenvalue weighted by Crippen LogP contribution is -2.33. The summed E-state index contributed by atoms with van der Waals surface area (Å²) in [6, 6.07) is 14.4. The summed E-state index contributed by atoms with van der Waals surface area (Å²) in [6.45, 7) is 9.40. The fraction of sp³-hybridized carbons (Fsp3) is 0.357. The highest BCUT2D eigenvalue weighted by Gasteiger charge is 2.30. The van der Waals surface area contributed by atoms with Crippen LogP contribution in [0.25, 0.3) is 33.4 Å². The number of para-hydroxylation sites is 1. The molecule has 0 bridgehead atoms. The van der Waals surface area contributed by atoms with E-state index in [-0.39, 0.29) is 12.7 Å². The maximum atomic E-state index is 12.9. The van der Waals surface area contributed by atoms with Gasteiger partial charge in [-0.2, -0.15) is 5.26 Å². The Labute approximate surface area is 221 Å². The van der Waals surface area contributed by atoms with Crippen LogP contribution in [0.4, 0.5) is 0 Å². The molecule has 38 heavy (non-hydrogen) atoms. The number of hydrogen-bond acceptors (Lipinski definition) is 9. The molecule has 0 aliphatic heterocycles. The van der Waals surface area contributed by atoms with Gasteiger partial charge in [0.25, 0.3) is 0 Å². The van der Waals surface area contributed by atoms with E-state index in [1.165, 1.54) is 4.68 Å². The summed E-state index contributed by atoms with van der Waals surface area (Å²) in [5.74, 6) is 0.128. The lowest BCUT2D eigenvalue weighted by atomic mass is 10.0. The lowest BCUT2D eigenvalue weighted by molar-refractivity contribution is -0.161. The number of carbonyl (C=O) groups excluding carboxylic acids is 1. The van der Waals surface area contributed by atoms with Gasteiger partial charge in [0.1, 0.15) is 17.0 Å². The van der Waals surface area contributed by atoms with E-state index in [0.717, 1.165) is 10.9 Å². The zero-order chi connectivity index (χ0) is 27.4. The predicted molar refractivity (Wildman–Crippen MR) is 141 cm³/mol. The summed E-state index contributed by atoms with van der Waals surface area (Å²) < 4.78 is 17.8. The van der Waals surface area contributed by atoms with Gasteiger partial charge in [0.05, 0.1) is 29.0 Å². The maximum absolute atomic E-state index is 12.9. The van der Waals surface area contributed by atoms with Crippen LogP contribution in [0, 0.1) is 17.2 Å². The normalized spacial score (nSPS) is 12.4. The van der Waals surface area contributed by atoms with E-state index in [1.807, 2.05) is 71.0 Å². The number of methoxy groups -OCH3 is 1. The summed E-state index contributed by atoms with van der Waals surface area (Å²) in [4.78, 5) is 12.9. The molecule has 0 amide bonds. The number of rotatable bonds is 8. The summed E-state index contributed by atoms with van der Waals surface area (Å²) in [7, 11) is 1.56. The van der Waals surface area contributed by atoms with Crippen LogP contribution in [0.1, 0.15) is 46.2 Å². The molecule has 2 aromatic heterocycles. The molecule has 0 aliphatic carbocycles. The second-order valence-electron chi connectivity index (χ2n) is 10.2. The van der Waals surface area contributed by atoms with E-state index in [2.05, 4.69) is 26.6 Å². The number of fused-ring (bicyclic) bond motifs is 1. The van der Waals surface area contributed by atoms with E-state index >= 15 is 0 Å². The SMILES string of the molecule is COCOc1ccccc1-c1cc2cc(-c3cn([C@H](C(=O)OC(C)(C)C)C(C)C)nn3)c(C#N)cc2nn1. The number of nitriles is 1. The molecular formula is C28H30N6O4. The van der Waals surface area contributed by atoms with Gasteiger partial charge in [-0.25, -0.2) is 9.48 Å². The van der Waals surface area contributed by atoms with Crippen LogP contribution in [-0.2, 0) is 14.3 Å². The van der Waals surface area contributed by atoms with Crippen molar-refractivity contribution in [1.82, 2.24) is 25.2 Å². The molecule has 0 N–H and O–H groups in total. The van der Waals surface area contributed by atoms with Crippen molar-refractivity contribution in [3.8, 4) is 34.3 Å². The molecule has 0 aliphatic rings. The van der Waals surface area contributed by atoms with Gasteiger partial charge in [0.15, 0.2) is 12.8 Å². The number of ether oxygens (including phenoxy) is 3. The standard InChI is InChI=1S/C28H30N6O4/c1-17(2)26(27(35)38-28(3,4)5)34-15-24(32-33-34)21-11-18-12-23(31-30-22(18)13-19(21)14-29)20-9-7-8-10-25(20)37-16-36-6/h7-13,15,17,26H,16H2,1-6H3/t26-/m0/s1. The van der Waals surface area contributed by atoms with Crippen LogP contribution < -0.4 is 4.74 Å². The zero-order valence-electron chi connectivity index (χ0n) is 22.3. The van der Waals surface area contributed by atoms with Crippen LogP contribution in [0.3, 0.4) is 0 Å². The van der Waals surface area contributed by atoms with Crippen molar-refractivity contribution >= 4 is 16.9 Å². The summed E-state index contributed by atoms with van der Waals surface area (Å²) in [5.41, 5.74) is 2.69. The largest absolute Gasteiger partial charge is 0.467 e. The van der Waals surface area contributed by atoms with Gasteiger partial charge >= 0.3 is 5.97 Å². The number of nitrogens with zero attached hydrogens (tertiary/aromatic N) is 6. The minimum atomic E-state index is -0.664. The van der Waals surface area contributed by atoms with Crippen LogP contribution in [0.15, 0.2) is 48.7 Å². The van der Waals surface area contributed by atoms with Gasteiger partial charge in [-0.1, -0.05) is 31.2 Å². The maximum Gasteiger partial charge on any atom is 0.331 e. The average molecular weight is 515 g/mol. The van der Waals surface area contributed by atoms with Crippen LogP contribution in [0.2, 0.25) is 0 Å². The fourth-order valence-electron chi connectivity index (χ4n) is 4.04. The summed E-state index contributed by atoms with van der Waals surface area (Å²) in [6.07, 6.45) is 1.67. The van der Waals surface area contributed by atoms with Crippen molar-refractivity contribution in [1.29, 1.82) is 5.26 Å². The molecule has 2 heterocycles. The molecule has 10 nitrogen and oxygen atoms in total. The predicted octanol–water partition coefficient (Wildman–Crippen LogP) is 4.95. The Morgan fingerprint density at radius 2 is 1.82 bits per heavy atom. The number of benzene rings is 2. The first-order valence-electron chi connectivity index (χ1n) is 12.2. The van der Waals surface area contributed by atoms with E-state index < -0.39 is 17.6 Å². The first-order chi connectivity index (χ1) is 18.1. The molecule has 0 spiro atoms. The van der Waals surface area contributed by atoms with E-state index in [9.17, 15) is 10.1 Å². The van der Waals surface area contributed by atoms with Crippen molar-refractivity contribution < 1.29 is 19.0 Å². The molecule has 4 rings (SSSR count). The number of aromatic nitrogens is 5. The second kappa shape index (κ2) is 10.9. The topological polar surface area (TPSA) is 125 Å². The lowest BCUT2D eigenvalue weighted by Gasteiger charge is -2.25. The Hall–Kier alpha value is -4.36. The van der Waals surface area contributed by atoms with Gasteiger partial charge < -0.3 is 14.2 Å². The zero-order valence-corrected chi connectivity index (χ0v) is 22.3. The third-order valence-electron chi connectivity index (χ3n) is 5.69. The summed E-state index contributed by atoms with van der Waals surface area (Å²) >= 11 is 0. The Morgan fingerprint density at radius 1 is 1.05 bits per heavy atom. The number of esters is 1. The van der Waals surface area contributed by atoms with Crippen molar-refractivity contribution in [2.24, 2.45) is 5.92 Å². The quantitative estimate of drug-likeness (QED) is 0.237. The Balaban J connectivity index is 1.75. The monoisotopic (exact) mass is 514 g/mol. The van der Waals surface area contributed by atoms with Crippen LogP contribution >= 0.6 is 0 Å². The van der Waals surface area contributed by atoms with Crippen molar-refractivity contribution in [2.75, 3.05) is 13.9 Å². The van der Waals surface area contributed by atoms with Gasteiger partial charge in [-0.3, -0.25) is 0 Å². The Kier molecular flexibility index (Phi) is 7.69. The molecule has 1 atom stereocenters. The number of hydrogen-bond donors (Lipinski definition) is 0. The molecule has 0 saturated heterocycles. The Bertz CT molecular complexity index is 1500. The van der Waals surface area contributed by atoms with Gasteiger partial charge in [-0.05, 0) is 57.0 Å². The molecule has 0 fully saturated rings. The first-order valence-corrected chi connectivity index (χ1v) is 12.2.